The van der Waals surface area contributed by atoms with E-state index in [1.165, 1.54) is 4.68 Å². The number of carboxylic acids is 1. The number of carboxylic acid groups (broad SMARTS) is 1. The number of hydrogen-bond donors (Lipinski definition) is 2. The Bertz CT molecular complexity index is 1740. The van der Waals surface area contributed by atoms with E-state index in [4.69, 9.17) is 19.4 Å². The standard InChI is InChI=1S/C32H34N4O4.C2HF3O2/c1-22-5-11-25(12-6-22)36-30(37)29(28(21-34-36)35-19-17-33-18-20-35)39-26-13-7-23(8-14-26)24-9-15-27(16-10-24)40-31(38)32(2,3)4;3-2(4,5)1(6)7/h5-16,21,33H,17-20H2,1-4H3;(H,6,7). The summed E-state index contributed by atoms with van der Waals surface area (Å²) >= 11 is 0. The van der Waals surface area contributed by atoms with Crippen molar-refractivity contribution in [3.05, 3.63) is 94.9 Å². The van der Waals surface area contributed by atoms with Gasteiger partial charge in [0.1, 0.15) is 17.2 Å². The van der Waals surface area contributed by atoms with E-state index in [9.17, 15) is 22.8 Å². The molecule has 1 aromatic heterocycles. The summed E-state index contributed by atoms with van der Waals surface area (Å²) in [4.78, 5) is 36.9. The van der Waals surface area contributed by atoms with Crippen molar-refractivity contribution in [2.45, 2.75) is 33.9 Å². The molecule has 0 unspecified atom stereocenters. The van der Waals surface area contributed by atoms with Gasteiger partial charge in [-0.15, -0.1) is 0 Å². The fourth-order valence-electron chi connectivity index (χ4n) is 4.33. The maximum atomic E-state index is 13.7. The molecule has 4 aromatic rings. The van der Waals surface area contributed by atoms with Crippen LogP contribution in [-0.4, -0.2) is 59.2 Å². The van der Waals surface area contributed by atoms with Crippen molar-refractivity contribution >= 4 is 17.6 Å². The van der Waals surface area contributed by atoms with Crippen molar-refractivity contribution in [2.75, 3.05) is 31.1 Å². The highest BCUT2D eigenvalue weighted by molar-refractivity contribution is 5.78. The number of alkyl halides is 3. The molecular formula is C34H35F3N4O6. The van der Waals surface area contributed by atoms with Crippen LogP contribution in [-0.2, 0) is 9.59 Å². The van der Waals surface area contributed by atoms with Crippen LogP contribution in [0.4, 0.5) is 18.9 Å². The second-order valence-corrected chi connectivity index (χ2v) is 11.7. The zero-order valence-electron chi connectivity index (χ0n) is 26.3. The topological polar surface area (TPSA) is 123 Å². The number of nitrogens with zero attached hydrogens (tertiary/aromatic N) is 3. The summed E-state index contributed by atoms with van der Waals surface area (Å²) in [6.07, 6.45) is -3.37. The van der Waals surface area contributed by atoms with E-state index >= 15 is 0 Å². The van der Waals surface area contributed by atoms with Gasteiger partial charge in [-0.1, -0.05) is 42.0 Å². The highest BCUT2D eigenvalue weighted by Crippen LogP contribution is 2.31. The number of ether oxygens (including phenoxy) is 2. The molecule has 13 heteroatoms. The summed E-state index contributed by atoms with van der Waals surface area (Å²) in [6, 6.07) is 22.6. The molecule has 0 saturated carbocycles. The summed E-state index contributed by atoms with van der Waals surface area (Å²) in [5, 5.41) is 14.9. The molecule has 0 aliphatic carbocycles. The van der Waals surface area contributed by atoms with Crippen molar-refractivity contribution in [3.63, 3.8) is 0 Å². The fourth-order valence-corrected chi connectivity index (χ4v) is 4.33. The summed E-state index contributed by atoms with van der Waals surface area (Å²) in [5.41, 5.74) is 3.51. The van der Waals surface area contributed by atoms with Crippen LogP contribution in [0.2, 0.25) is 0 Å². The van der Waals surface area contributed by atoms with E-state index in [1.807, 2.05) is 88.4 Å². The minimum atomic E-state index is -5.08. The largest absolute Gasteiger partial charge is 0.490 e. The molecule has 2 heterocycles. The molecule has 2 N–H and O–H groups in total. The van der Waals surface area contributed by atoms with Crippen LogP contribution in [0.5, 0.6) is 17.2 Å². The van der Waals surface area contributed by atoms with Gasteiger partial charge in [0.2, 0.25) is 5.75 Å². The third kappa shape index (κ3) is 9.19. The van der Waals surface area contributed by atoms with Gasteiger partial charge in [0.25, 0.3) is 0 Å². The van der Waals surface area contributed by atoms with Crippen LogP contribution < -0.4 is 25.2 Å². The van der Waals surface area contributed by atoms with E-state index in [1.54, 1.807) is 18.3 Å². The Morgan fingerprint density at radius 3 is 1.85 bits per heavy atom. The van der Waals surface area contributed by atoms with Crippen LogP contribution in [0.25, 0.3) is 16.8 Å². The van der Waals surface area contributed by atoms with Gasteiger partial charge in [0, 0.05) is 26.2 Å². The van der Waals surface area contributed by atoms with Crippen LogP contribution in [0, 0.1) is 12.3 Å². The van der Waals surface area contributed by atoms with Gasteiger partial charge in [-0.25, -0.2) is 4.79 Å². The van der Waals surface area contributed by atoms with Gasteiger partial charge in [-0.3, -0.25) is 9.59 Å². The number of hydrogen-bond acceptors (Lipinski definition) is 8. The summed E-state index contributed by atoms with van der Waals surface area (Å²) < 4.78 is 44.9. The molecule has 0 amide bonds. The van der Waals surface area contributed by atoms with Gasteiger partial charge < -0.3 is 24.8 Å². The number of esters is 1. The SMILES string of the molecule is Cc1ccc(-n2ncc(N3CCNCC3)c(Oc3ccc(-c4ccc(OC(=O)C(C)(C)C)cc4)cc3)c2=O)cc1.O=C(O)C(F)(F)F. The van der Waals surface area contributed by atoms with Gasteiger partial charge in [-0.2, -0.15) is 23.0 Å². The van der Waals surface area contributed by atoms with Crippen LogP contribution in [0.15, 0.2) is 83.8 Å². The molecular weight excluding hydrogens is 617 g/mol. The Morgan fingerprint density at radius 1 is 0.851 bits per heavy atom. The first-order chi connectivity index (χ1) is 22.1. The molecule has 47 heavy (non-hydrogen) atoms. The first-order valence-electron chi connectivity index (χ1n) is 14.7. The lowest BCUT2D eigenvalue weighted by molar-refractivity contribution is -0.192. The zero-order valence-corrected chi connectivity index (χ0v) is 26.3. The lowest BCUT2D eigenvalue weighted by Crippen LogP contribution is -2.44. The smallest absolute Gasteiger partial charge is 0.475 e. The number of halogens is 3. The molecule has 1 aliphatic rings. The number of benzene rings is 3. The number of carbonyl (C=O) groups is 2. The van der Waals surface area contributed by atoms with Crippen LogP contribution in [0.3, 0.4) is 0 Å². The van der Waals surface area contributed by atoms with E-state index in [0.29, 0.717) is 22.9 Å². The number of aliphatic carboxylic acids is 1. The molecule has 248 valence electrons. The Morgan fingerprint density at radius 2 is 1.36 bits per heavy atom. The van der Waals surface area contributed by atoms with Gasteiger partial charge >= 0.3 is 23.7 Å². The predicted octanol–water partition coefficient (Wildman–Crippen LogP) is 5.99. The summed E-state index contributed by atoms with van der Waals surface area (Å²) in [7, 11) is 0. The van der Waals surface area contributed by atoms with Crippen molar-refractivity contribution < 1.29 is 37.3 Å². The van der Waals surface area contributed by atoms with E-state index in [2.05, 4.69) is 15.3 Å². The maximum Gasteiger partial charge on any atom is 0.490 e. The predicted molar refractivity (Wildman–Crippen MR) is 170 cm³/mol. The molecule has 10 nitrogen and oxygen atoms in total. The van der Waals surface area contributed by atoms with Crippen molar-refractivity contribution in [3.8, 4) is 34.1 Å². The highest BCUT2D eigenvalue weighted by atomic mass is 19.4. The number of carbonyl (C=O) groups excluding carboxylic acids is 1. The van der Waals surface area contributed by atoms with Crippen molar-refractivity contribution in [2.24, 2.45) is 5.41 Å². The number of rotatable bonds is 6. The lowest BCUT2D eigenvalue weighted by Gasteiger charge is -2.30. The van der Waals surface area contributed by atoms with E-state index in [-0.39, 0.29) is 17.3 Å². The van der Waals surface area contributed by atoms with E-state index < -0.39 is 17.6 Å². The average Bonchev–Trinajstić information content (AvgIpc) is 3.03. The number of nitrogens with one attached hydrogen (secondary N) is 1. The van der Waals surface area contributed by atoms with Crippen LogP contribution in [0.1, 0.15) is 26.3 Å². The summed E-state index contributed by atoms with van der Waals surface area (Å²) in [6.45, 7) is 10.6. The monoisotopic (exact) mass is 652 g/mol. The van der Waals surface area contributed by atoms with E-state index in [0.717, 1.165) is 42.9 Å². The number of piperazine rings is 1. The van der Waals surface area contributed by atoms with Crippen molar-refractivity contribution in [1.82, 2.24) is 15.1 Å². The Hall–Kier alpha value is -5.17. The third-order valence-corrected chi connectivity index (χ3v) is 6.98. The minimum absolute atomic E-state index is 0.246. The van der Waals surface area contributed by atoms with Crippen molar-refractivity contribution in [1.29, 1.82) is 0 Å². The number of aryl methyl sites for hydroxylation is 1. The van der Waals surface area contributed by atoms with Gasteiger partial charge in [0.15, 0.2) is 0 Å². The Balaban J connectivity index is 0.000000644. The fraction of sp³-hybridized carbons (Fsp3) is 0.294. The Kier molecular flexibility index (Phi) is 10.7. The molecule has 1 saturated heterocycles. The molecule has 1 aliphatic heterocycles. The second kappa shape index (κ2) is 14.5. The third-order valence-electron chi connectivity index (χ3n) is 6.98. The minimum Gasteiger partial charge on any atom is -0.475 e. The maximum absolute atomic E-state index is 13.7. The van der Waals surface area contributed by atoms with Crippen LogP contribution >= 0.6 is 0 Å². The Labute approximate surface area is 269 Å². The first-order valence-corrected chi connectivity index (χ1v) is 14.7. The zero-order chi connectivity index (χ0) is 34.4. The molecule has 3 aromatic carbocycles. The van der Waals surface area contributed by atoms with Gasteiger partial charge in [-0.05, 0) is 75.2 Å². The number of anilines is 1. The summed E-state index contributed by atoms with van der Waals surface area (Å²) in [5.74, 6) is -1.73. The lowest BCUT2D eigenvalue weighted by atomic mass is 9.97. The molecule has 5 rings (SSSR count). The second-order valence-electron chi connectivity index (χ2n) is 11.7. The molecule has 0 radical (unpaired) electrons. The molecule has 0 atom stereocenters. The highest BCUT2D eigenvalue weighted by Gasteiger charge is 2.38. The quantitative estimate of drug-likeness (QED) is 0.191. The molecule has 1 fully saturated rings. The average molecular weight is 653 g/mol. The molecule has 0 bridgehead atoms. The molecule has 0 spiro atoms. The number of aromatic nitrogens is 2. The first kappa shape index (κ1) is 34.7. The normalized spacial score (nSPS) is 13.3. The van der Waals surface area contributed by atoms with Gasteiger partial charge in [0.05, 0.1) is 17.3 Å².